The predicted octanol–water partition coefficient (Wildman–Crippen LogP) is 4.84. The van der Waals surface area contributed by atoms with Crippen molar-refractivity contribution in [3.05, 3.63) is 78.0 Å². The van der Waals surface area contributed by atoms with E-state index in [4.69, 9.17) is 0 Å². The quantitative estimate of drug-likeness (QED) is 0.368. The fourth-order valence-corrected chi connectivity index (χ4v) is 3.26. The van der Waals surface area contributed by atoms with Crippen molar-refractivity contribution in [2.45, 2.75) is 38.1 Å². The first-order chi connectivity index (χ1) is 12.2. The number of benzene rings is 2. The number of hydrogen-bond donors (Lipinski definition) is 1. The van der Waals surface area contributed by atoms with Gasteiger partial charge in [0.05, 0.1) is 0 Å². The van der Waals surface area contributed by atoms with Crippen molar-refractivity contribution >= 4 is 17.8 Å². The Labute approximate surface area is 149 Å². The molecular weight excluding hydrogens is 310 g/mol. The molecule has 1 aliphatic carbocycles. The van der Waals surface area contributed by atoms with Crippen LogP contribution in [0.5, 0.6) is 0 Å². The highest BCUT2D eigenvalue weighted by atomic mass is 16.3. The van der Waals surface area contributed by atoms with E-state index in [1.165, 1.54) is 6.42 Å². The van der Waals surface area contributed by atoms with E-state index in [2.05, 4.69) is 0 Å². The molecule has 0 radical (unpaired) electrons. The van der Waals surface area contributed by atoms with Crippen molar-refractivity contribution in [1.82, 2.24) is 0 Å². The number of carbonyl (C=O) groups excluding carboxylic acids is 1. The highest BCUT2D eigenvalue weighted by molar-refractivity contribution is 6.33. The second kappa shape index (κ2) is 8.43. The Morgan fingerprint density at radius 2 is 1.44 bits per heavy atom. The van der Waals surface area contributed by atoms with Gasteiger partial charge >= 0.3 is 0 Å². The third-order valence-corrected chi connectivity index (χ3v) is 4.66. The summed E-state index contributed by atoms with van der Waals surface area (Å²) in [4.78, 5) is 12.6. The summed E-state index contributed by atoms with van der Waals surface area (Å²) in [6, 6.07) is 19.0. The lowest BCUT2D eigenvalue weighted by atomic mass is 9.95. The number of Topliss-reactive ketones (excluding diaryl/α,β-unsaturated/α-hetero) is 1. The molecule has 2 aromatic rings. The predicted molar refractivity (Wildman–Crippen MR) is 101 cm³/mol. The van der Waals surface area contributed by atoms with E-state index in [0.717, 1.165) is 31.2 Å². The van der Waals surface area contributed by atoms with Crippen molar-refractivity contribution < 1.29 is 14.5 Å². The first-order valence-corrected chi connectivity index (χ1v) is 8.92. The van der Waals surface area contributed by atoms with E-state index in [1.54, 1.807) is 12.4 Å². The molecule has 1 aliphatic rings. The van der Waals surface area contributed by atoms with Gasteiger partial charge < -0.3 is 5.11 Å². The Kier molecular flexibility index (Phi) is 5.78. The lowest BCUT2D eigenvalue weighted by molar-refractivity contribution is -0.499. The van der Waals surface area contributed by atoms with Crippen LogP contribution in [0.2, 0.25) is 0 Å². The lowest BCUT2D eigenvalue weighted by Crippen LogP contribution is -2.28. The van der Waals surface area contributed by atoms with Crippen LogP contribution < -0.4 is 0 Å². The molecule has 3 heteroatoms. The molecule has 0 saturated heterocycles. The third-order valence-electron chi connectivity index (χ3n) is 4.66. The van der Waals surface area contributed by atoms with Crippen LogP contribution in [0, 0.1) is 0 Å². The first kappa shape index (κ1) is 17.2. The Morgan fingerprint density at radius 3 is 2.04 bits per heavy atom. The van der Waals surface area contributed by atoms with Crippen molar-refractivity contribution in [2.24, 2.45) is 0 Å². The number of ketones is 1. The van der Waals surface area contributed by atoms with Gasteiger partial charge in [0, 0.05) is 24.0 Å². The topological polar surface area (TPSA) is 40.3 Å². The highest BCUT2D eigenvalue weighted by Gasteiger charge is 2.24. The van der Waals surface area contributed by atoms with Gasteiger partial charge in [0.1, 0.15) is 0 Å². The van der Waals surface area contributed by atoms with E-state index in [9.17, 15) is 9.90 Å². The zero-order valence-corrected chi connectivity index (χ0v) is 14.3. The second-order valence-electron chi connectivity index (χ2n) is 6.48. The van der Waals surface area contributed by atoms with Crippen LogP contribution in [-0.4, -0.2) is 27.7 Å². The highest BCUT2D eigenvalue weighted by Crippen LogP contribution is 2.22. The number of aliphatic hydroxyl groups excluding tert-OH is 1. The molecule has 25 heavy (non-hydrogen) atoms. The molecule has 1 N–H and O–H groups in total. The minimum absolute atomic E-state index is 0.0386. The fourth-order valence-electron chi connectivity index (χ4n) is 3.26. The van der Waals surface area contributed by atoms with Crippen LogP contribution in [0.1, 0.15) is 48.0 Å². The summed E-state index contributed by atoms with van der Waals surface area (Å²) in [5, 5.41) is 10.5. The molecule has 0 bridgehead atoms. The minimum atomic E-state index is -0.0386. The van der Waals surface area contributed by atoms with Crippen LogP contribution in [0.25, 0.3) is 5.76 Å². The van der Waals surface area contributed by atoms with Gasteiger partial charge in [-0.25, -0.2) is 0 Å². The number of rotatable bonds is 5. The van der Waals surface area contributed by atoms with Crippen LogP contribution in [-0.2, 0) is 0 Å². The maximum atomic E-state index is 12.6. The summed E-state index contributed by atoms with van der Waals surface area (Å²) in [6.45, 7) is 0. The molecule has 3 rings (SSSR count). The SMILES string of the molecule is O=C(C=[N+](/C=C(\O)c1ccccc1)C1CCCCC1)c1ccccc1. The van der Waals surface area contributed by atoms with Gasteiger partial charge in [-0.2, -0.15) is 4.58 Å². The molecule has 3 nitrogen and oxygen atoms in total. The molecule has 0 atom stereocenters. The number of hydrogen-bond acceptors (Lipinski definition) is 2. The second-order valence-corrected chi connectivity index (χ2v) is 6.48. The van der Waals surface area contributed by atoms with Crippen molar-refractivity contribution in [1.29, 1.82) is 0 Å². The minimum Gasteiger partial charge on any atom is -0.502 e. The van der Waals surface area contributed by atoms with E-state index >= 15 is 0 Å². The fraction of sp³-hybridized carbons (Fsp3) is 0.273. The van der Waals surface area contributed by atoms with Crippen molar-refractivity contribution in [2.75, 3.05) is 0 Å². The van der Waals surface area contributed by atoms with Gasteiger partial charge in [-0.15, -0.1) is 0 Å². The van der Waals surface area contributed by atoms with Crippen LogP contribution in [0.3, 0.4) is 0 Å². The van der Waals surface area contributed by atoms with Gasteiger partial charge in [0.15, 0.2) is 11.8 Å². The van der Waals surface area contributed by atoms with E-state index in [1.807, 2.05) is 65.2 Å². The zero-order chi connectivity index (χ0) is 17.5. The van der Waals surface area contributed by atoms with E-state index in [0.29, 0.717) is 5.56 Å². The molecule has 128 valence electrons. The van der Waals surface area contributed by atoms with E-state index < -0.39 is 0 Å². The Bertz CT molecular complexity index is 757. The maximum Gasteiger partial charge on any atom is 0.248 e. The molecule has 1 fully saturated rings. The molecule has 0 unspecified atom stereocenters. The molecule has 0 aliphatic heterocycles. The van der Waals surface area contributed by atoms with Gasteiger partial charge in [-0.1, -0.05) is 67.1 Å². The van der Waals surface area contributed by atoms with Crippen LogP contribution in [0.15, 0.2) is 66.9 Å². The van der Waals surface area contributed by atoms with Gasteiger partial charge in [-0.05, 0) is 12.8 Å². The Balaban J connectivity index is 1.92. The van der Waals surface area contributed by atoms with Gasteiger partial charge in [-0.3, -0.25) is 4.79 Å². The molecule has 0 amide bonds. The summed E-state index contributed by atoms with van der Waals surface area (Å²) in [7, 11) is 0. The average Bonchev–Trinajstić information content (AvgIpc) is 2.69. The molecule has 1 saturated carbocycles. The smallest absolute Gasteiger partial charge is 0.248 e. The molecule has 0 aromatic heterocycles. The van der Waals surface area contributed by atoms with Crippen molar-refractivity contribution in [3.63, 3.8) is 0 Å². The van der Waals surface area contributed by atoms with E-state index in [-0.39, 0.29) is 17.6 Å². The Hall–Kier alpha value is -2.68. The number of aliphatic hydroxyl groups is 1. The monoisotopic (exact) mass is 334 g/mol. The molecular formula is C22H24NO2+. The number of carbonyl (C=O) groups is 1. The first-order valence-electron chi connectivity index (χ1n) is 8.92. The maximum absolute atomic E-state index is 12.6. The van der Waals surface area contributed by atoms with Gasteiger partial charge in [0.25, 0.3) is 0 Å². The third kappa shape index (κ3) is 4.66. The largest absolute Gasteiger partial charge is 0.502 e. The summed E-state index contributed by atoms with van der Waals surface area (Å²) >= 11 is 0. The average molecular weight is 334 g/mol. The summed E-state index contributed by atoms with van der Waals surface area (Å²) in [5.41, 5.74) is 1.42. The van der Waals surface area contributed by atoms with Gasteiger partial charge in [0.2, 0.25) is 18.2 Å². The summed E-state index contributed by atoms with van der Waals surface area (Å²) < 4.78 is 1.91. The normalized spacial score (nSPS) is 16.6. The van der Waals surface area contributed by atoms with Crippen LogP contribution in [0.4, 0.5) is 0 Å². The number of nitrogens with zero attached hydrogens (tertiary/aromatic N) is 1. The summed E-state index contributed by atoms with van der Waals surface area (Å²) in [5.74, 6) is 0.145. The molecule has 0 heterocycles. The molecule has 2 aromatic carbocycles. The summed E-state index contributed by atoms with van der Waals surface area (Å²) in [6.07, 6.45) is 8.97. The standard InChI is InChI=1S/C22H23NO2/c24-21(18-10-4-1-5-11-18)16-23(20-14-8-3-9-15-20)17-22(25)19-12-6-2-7-13-19/h1-2,4-7,10-13,16-17,20H,3,8-9,14-15H2/p+1. The molecule has 0 spiro atoms. The Morgan fingerprint density at radius 1 is 0.880 bits per heavy atom. The zero-order valence-electron chi connectivity index (χ0n) is 14.3. The van der Waals surface area contributed by atoms with Crippen LogP contribution >= 0.6 is 0 Å². The van der Waals surface area contributed by atoms with Crippen molar-refractivity contribution in [3.8, 4) is 0 Å². The lowest BCUT2D eigenvalue weighted by Gasteiger charge is -2.18.